The van der Waals surface area contributed by atoms with Gasteiger partial charge in [-0.05, 0) is 62.7 Å². The van der Waals surface area contributed by atoms with Gasteiger partial charge in [0.15, 0.2) is 0 Å². The Morgan fingerprint density at radius 3 is 2.60 bits per heavy atom. The fourth-order valence-electron chi connectivity index (χ4n) is 4.10. The Bertz CT molecular complexity index is 1350. The van der Waals surface area contributed by atoms with Gasteiger partial charge in [0, 0.05) is 30.4 Å². The second-order valence-corrected chi connectivity index (χ2v) is 8.66. The van der Waals surface area contributed by atoms with Crippen LogP contribution in [0.25, 0.3) is 10.9 Å². The molecule has 4 rings (SSSR count). The van der Waals surface area contributed by atoms with Crippen LogP contribution in [0.15, 0.2) is 54.7 Å². The van der Waals surface area contributed by atoms with Crippen LogP contribution in [0.1, 0.15) is 31.4 Å². The van der Waals surface area contributed by atoms with Crippen molar-refractivity contribution in [1.82, 2.24) is 9.88 Å². The molecule has 35 heavy (non-hydrogen) atoms. The summed E-state index contributed by atoms with van der Waals surface area (Å²) in [5, 5.41) is 13.3. The third-order valence-electron chi connectivity index (χ3n) is 6.00. The Kier molecular flexibility index (Phi) is 6.11. The first kappa shape index (κ1) is 24.0. The number of nitrogens with zero attached hydrogens (tertiary/aromatic N) is 4. The Balaban J connectivity index is 1.47. The first-order valence-corrected chi connectivity index (χ1v) is 10.9. The van der Waals surface area contributed by atoms with Gasteiger partial charge >= 0.3 is 12.2 Å². The highest BCUT2D eigenvalue weighted by Gasteiger charge is 2.51. The fourth-order valence-corrected chi connectivity index (χ4v) is 4.10. The van der Waals surface area contributed by atoms with Gasteiger partial charge in [-0.15, -0.1) is 0 Å². The van der Waals surface area contributed by atoms with Crippen molar-refractivity contribution in [3.63, 3.8) is 0 Å². The number of alkyl halides is 3. The molecular weight excluding hydrogens is 459 g/mol. The average Bonchev–Trinajstić information content (AvgIpc) is 2.99. The number of amides is 3. The largest absolute Gasteiger partial charge is 0.417 e. The summed E-state index contributed by atoms with van der Waals surface area (Å²) in [6.45, 7) is 3.85. The Hall–Kier alpha value is -4.13. The van der Waals surface area contributed by atoms with E-state index in [9.17, 15) is 22.8 Å². The zero-order chi connectivity index (χ0) is 25.4. The summed E-state index contributed by atoms with van der Waals surface area (Å²) in [6.07, 6.45) is -2.58. The van der Waals surface area contributed by atoms with E-state index >= 15 is 0 Å². The number of nitrogens with one attached hydrogen (secondary N) is 1. The zero-order valence-corrected chi connectivity index (χ0v) is 19.1. The molecule has 2 aromatic carbocycles. The van der Waals surface area contributed by atoms with Crippen molar-refractivity contribution in [2.24, 2.45) is 0 Å². The van der Waals surface area contributed by atoms with Gasteiger partial charge in [-0.1, -0.05) is 6.07 Å². The number of pyridine rings is 1. The lowest BCUT2D eigenvalue weighted by Crippen LogP contribution is -2.45. The first-order chi connectivity index (χ1) is 16.5. The zero-order valence-electron chi connectivity index (χ0n) is 19.1. The van der Waals surface area contributed by atoms with Crippen LogP contribution >= 0.6 is 0 Å². The van der Waals surface area contributed by atoms with Crippen LogP contribution in [0.3, 0.4) is 0 Å². The van der Waals surface area contributed by atoms with E-state index in [0.29, 0.717) is 19.0 Å². The number of imide groups is 1. The maximum Gasteiger partial charge on any atom is 0.417 e. The minimum Gasteiger partial charge on any atom is -0.385 e. The topological polar surface area (TPSA) is 89.3 Å². The van der Waals surface area contributed by atoms with E-state index in [1.54, 1.807) is 20.0 Å². The summed E-state index contributed by atoms with van der Waals surface area (Å²) in [5.41, 5.74) is -1.47. The number of carbonyl (C=O) groups is 2. The van der Waals surface area contributed by atoms with E-state index in [0.717, 1.165) is 27.6 Å². The van der Waals surface area contributed by atoms with Crippen molar-refractivity contribution in [2.75, 3.05) is 23.3 Å². The molecule has 0 saturated carbocycles. The van der Waals surface area contributed by atoms with Gasteiger partial charge in [-0.25, -0.2) is 9.69 Å². The standard InChI is InChI=1S/C25H22F3N5O2/c1-24(2)22(34)33(19-8-6-17(15-29)20(14-19)25(26,27)28)23(35)32(24)12-4-11-30-18-7-9-21-16(13-18)5-3-10-31-21/h3,5-10,13-14,30H,4,11-12H2,1-2H3. The summed E-state index contributed by atoms with van der Waals surface area (Å²) in [4.78, 5) is 32.5. The molecule has 1 aliphatic heterocycles. The summed E-state index contributed by atoms with van der Waals surface area (Å²) >= 11 is 0. The van der Waals surface area contributed by atoms with Crippen molar-refractivity contribution in [3.05, 3.63) is 65.9 Å². The quantitative estimate of drug-likeness (QED) is 0.387. The number of urea groups is 1. The number of anilines is 2. The van der Waals surface area contributed by atoms with Gasteiger partial charge in [0.1, 0.15) is 5.54 Å². The van der Waals surface area contributed by atoms with E-state index < -0.39 is 34.8 Å². The van der Waals surface area contributed by atoms with E-state index in [1.807, 2.05) is 30.3 Å². The highest BCUT2D eigenvalue weighted by atomic mass is 19.4. The lowest BCUT2D eigenvalue weighted by molar-refractivity contribution is -0.137. The molecule has 1 aromatic heterocycles. The Morgan fingerprint density at radius 2 is 1.89 bits per heavy atom. The van der Waals surface area contributed by atoms with Gasteiger partial charge in [0.05, 0.1) is 28.4 Å². The number of hydrogen-bond acceptors (Lipinski definition) is 5. The lowest BCUT2D eigenvalue weighted by Gasteiger charge is -2.27. The van der Waals surface area contributed by atoms with Crippen LogP contribution in [-0.2, 0) is 11.0 Å². The molecule has 3 amide bonds. The molecule has 3 aromatic rings. The van der Waals surface area contributed by atoms with Crippen molar-refractivity contribution < 1.29 is 22.8 Å². The summed E-state index contributed by atoms with van der Waals surface area (Å²) in [5.74, 6) is -0.629. The number of carbonyl (C=O) groups excluding carboxylic acids is 2. The Morgan fingerprint density at radius 1 is 1.11 bits per heavy atom. The molecule has 180 valence electrons. The number of fused-ring (bicyclic) bond motifs is 1. The van der Waals surface area contributed by atoms with Crippen LogP contribution < -0.4 is 10.2 Å². The molecular formula is C25H22F3N5O2. The smallest absolute Gasteiger partial charge is 0.385 e. The molecule has 0 unspecified atom stereocenters. The highest BCUT2D eigenvalue weighted by Crippen LogP contribution is 2.37. The van der Waals surface area contributed by atoms with Crippen LogP contribution in [0.5, 0.6) is 0 Å². The number of nitriles is 1. The molecule has 0 atom stereocenters. The molecule has 1 saturated heterocycles. The predicted molar refractivity (Wildman–Crippen MR) is 125 cm³/mol. The number of aromatic nitrogens is 1. The maximum atomic E-state index is 13.4. The van der Waals surface area contributed by atoms with Gasteiger partial charge in [-0.2, -0.15) is 18.4 Å². The molecule has 1 fully saturated rings. The monoisotopic (exact) mass is 481 g/mol. The summed E-state index contributed by atoms with van der Waals surface area (Å²) in [7, 11) is 0. The minimum absolute atomic E-state index is 0.218. The number of benzene rings is 2. The van der Waals surface area contributed by atoms with Gasteiger partial charge in [0.25, 0.3) is 5.91 Å². The minimum atomic E-state index is -4.80. The molecule has 0 bridgehead atoms. The maximum absolute atomic E-state index is 13.4. The SMILES string of the molecule is CC1(C)C(=O)N(c2ccc(C#N)c(C(F)(F)F)c2)C(=O)N1CCCNc1ccc2ncccc2c1. The van der Waals surface area contributed by atoms with Crippen LogP contribution in [0.2, 0.25) is 0 Å². The summed E-state index contributed by atoms with van der Waals surface area (Å²) in [6, 6.07) is 13.2. The van der Waals surface area contributed by atoms with E-state index in [4.69, 9.17) is 5.26 Å². The first-order valence-electron chi connectivity index (χ1n) is 10.9. The second-order valence-electron chi connectivity index (χ2n) is 8.66. The third kappa shape index (κ3) is 4.49. The molecule has 2 heterocycles. The molecule has 0 spiro atoms. The number of hydrogen-bond donors (Lipinski definition) is 1. The van der Waals surface area contributed by atoms with Crippen molar-refractivity contribution in [1.29, 1.82) is 5.26 Å². The predicted octanol–water partition coefficient (Wildman–Crippen LogP) is 5.17. The number of halogens is 3. The van der Waals surface area contributed by atoms with Gasteiger partial charge in [-0.3, -0.25) is 9.78 Å². The van der Waals surface area contributed by atoms with Crippen LogP contribution in [-0.4, -0.2) is 40.5 Å². The Labute approximate surface area is 199 Å². The molecule has 0 aliphatic carbocycles. The molecule has 0 radical (unpaired) electrons. The fraction of sp³-hybridized carbons (Fsp3) is 0.280. The highest BCUT2D eigenvalue weighted by molar-refractivity contribution is 6.23. The normalized spacial score (nSPS) is 15.5. The van der Waals surface area contributed by atoms with Crippen LogP contribution in [0.4, 0.5) is 29.3 Å². The summed E-state index contributed by atoms with van der Waals surface area (Å²) < 4.78 is 40.2. The van der Waals surface area contributed by atoms with Crippen molar-refractivity contribution in [2.45, 2.75) is 32.0 Å². The second kappa shape index (κ2) is 8.91. The van der Waals surface area contributed by atoms with E-state index in [-0.39, 0.29) is 12.2 Å². The van der Waals surface area contributed by atoms with Crippen LogP contribution in [0, 0.1) is 11.3 Å². The van der Waals surface area contributed by atoms with Gasteiger partial charge in [0.2, 0.25) is 0 Å². The molecule has 7 nitrogen and oxygen atoms in total. The lowest BCUT2D eigenvalue weighted by atomic mass is 10.0. The van der Waals surface area contributed by atoms with Gasteiger partial charge < -0.3 is 10.2 Å². The molecule has 1 N–H and O–H groups in total. The molecule has 10 heteroatoms. The average molecular weight is 481 g/mol. The van der Waals surface area contributed by atoms with Crippen molar-refractivity contribution >= 4 is 34.2 Å². The molecule has 1 aliphatic rings. The van der Waals surface area contributed by atoms with E-state index in [1.165, 1.54) is 17.0 Å². The third-order valence-corrected chi connectivity index (χ3v) is 6.00. The van der Waals surface area contributed by atoms with E-state index in [2.05, 4.69) is 10.3 Å². The van der Waals surface area contributed by atoms with Crippen molar-refractivity contribution in [3.8, 4) is 6.07 Å². The number of rotatable bonds is 6.